The molecule has 2 atom stereocenters. The number of carbonyl (C=O) groups is 1. The topological polar surface area (TPSA) is 70.0 Å². The Bertz CT molecular complexity index is 594. The summed E-state index contributed by atoms with van der Waals surface area (Å²) in [5, 5.41) is 18.8. The number of hydrogen-bond acceptors (Lipinski definition) is 4. The molecule has 0 bridgehead atoms. The van der Waals surface area contributed by atoms with Gasteiger partial charge in [-0.3, -0.25) is 4.79 Å². The van der Waals surface area contributed by atoms with Crippen molar-refractivity contribution in [1.29, 1.82) is 0 Å². The van der Waals surface area contributed by atoms with E-state index in [9.17, 15) is 19.4 Å². The fourth-order valence-electron chi connectivity index (χ4n) is 4.28. The molecule has 2 unspecified atom stereocenters. The van der Waals surface area contributed by atoms with Crippen molar-refractivity contribution in [2.45, 2.75) is 57.8 Å². The second-order valence-corrected chi connectivity index (χ2v) is 7.00. The fourth-order valence-corrected chi connectivity index (χ4v) is 4.28. The Morgan fingerprint density at radius 1 is 1.12 bits per heavy atom. The van der Waals surface area contributed by atoms with E-state index < -0.39 is 19.0 Å². The number of rotatable bonds is 5. The maximum Gasteiger partial charge on any atom is 0.260 e. The van der Waals surface area contributed by atoms with Crippen molar-refractivity contribution in [3.05, 3.63) is 29.1 Å². The normalized spacial score (nSPS) is 23.2. The van der Waals surface area contributed by atoms with Crippen LogP contribution in [0.15, 0.2) is 12.1 Å². The van der Waals surface area contributed by atoms with Crippen molar-refractivity contribution < 1.29 is 24.1 Å². The first-order chi connectivity index (χ1) is 12.1. The predicted octanol–water partition coefficient (Wildman–Crippen LogP) is 2.37. The van der Waals surface area contributed by atoms with E-state index in [4.69, 9.17) is 4.74 Å². The number of amides is 1. The molecule has 2 N–H and O–H groups in total. The highest BCUT2D eigenvalue weighted by atomic mass is 19.1. The fraction of sp³-hybridized carbons (Fsp3) is 0.632. The molecule has 3 rings (SSSR count). The third-order valence-electron chi connectivity index (χ3n) is 5.45. The molecule has 1 heterocycles. The minimum Gasteiger partial charge on any atom is -0.483 e. The standard InChI is InChI=1S/C19H26FNO4/c20-16-8-14(10-22)19(15(9-16)11-23)25-12-18(24)21-7-3-5-13-4-1-2-6-17(13)21/h8-9,13,17,22-23H,1-7,10-12H2. The molecule has 1 saturated heterocycles. The minimum absolute atomic E-state index is 0.0753. The Balaban J connectivity index is 1.70. The summed E-state index contributed by atoms with van der Waals surface area (Å²) < 4.78 is 19.1. The van der Waals surface area contributed by atoms with E-state index in [1.54, 1.807) is 0 Å². The Morgan fingerprint density at radius 2 is 1.76 bits per heavy atom. The van der Waals surface area contributed by atoms with E-state index >= 15 is 0 Å². The van der Waals surface area contributed by atoms with Crippen LogP contribution in [0.3, 0.4) is 0 Å². The number of aliphatic hydroxyl groups excluding tert-OH is 2. The predicted molar refractivity (Wildman–Crippen MR) is 90.4 cm³/mol. The van der Waals surface area contributed by atoms with Crippen molar-refractivity contribution in [1.82, 2.24) is 4.90 Å². The number of benzene rings is 1. The summed E-state index contributed by atoms with van der Waals surface area (Å²) in [6, 6.07) is 2.63. The van der Waals surface area contributed by atoms with Gasteiger partial charge in [0.05, 0.1) is 13.2 Å². The Hall–Kier alpha value is -1.66. The van der Waals surface area contributed by atoms with Gasteiger partial charge >= 0.3 is 0 Å². The molecular weight excluding hydrogens is 325 g/mol. The maximum atomic E-state index is 13.5. The largest absolute Gasteiger partial charge is 0.483 e. The van der Waals surface area contributed by atoms with Gasteiger partial charge in [0.2, 0.25) is 0 Å². The average molecular weight is 351 g/mol. The van der Waals surface area contributed by atoms with Crippen molar-refractivity contribution >= 4 is 5.91 Å². The summed E-state index contributed by atoms with van der Waals surface area (Å²) in [5.41, 5.74) is 0.483. The summed E-state index contributed by atoms with van der Waals surface area (Å²) in [6.07, 6.45) is 6.86. The zero-order chi connectivity index (χ0) is 17.8. The molecule has 6 heteroatoms. The zero-order valence-electron chi connectivity index (χ0n) is 14.4. The van der Waals surface area contributed by atoms with Gasteiger partial charge < -0.3 is 19.8 Å². The van der Waals surface area contributed by atoms with E-state index in [0.29, 0.717) is 12.0 Å². The lowest BCUT2D eigenvalue weighted by Gasteiger charge is -2.44. The molecule has 1 aromatic rings. The summed E-state index contributed by atoms with van der Waals surface area (Å²) in [5.74, 6) is 0.178. The van der Waals surface area contributed by atoms with Gasteiger partial charge in [0.1, 0.15) is 11.6 Å². The molecule has 138 valence electrons. The second kappa shape index (κ2) is 8.15. The van der Waals surface area contributed by atoms with Crippen LogP contribution in [0.1, 0.15) is 49.7 Å². The number of nitrogens with zero attached hydrogens (tertiary/aromatic N) is 1. The highest BCUT2D eigenvalue weighted by Crippen LogP contribution is 2.35. The average Bonchev–Trinajstić information content (AvgIpc) is 2.65. The molecule has 1 saturated carbocycles. The minimum atomic E-state index is -0.548. The first kappa shape index (κ1) is 18.1. The Labute approximate surface area is 147 Å². The first-order valence-corrected chi connectivity index (χ1v) is 9.09. The molecule has 0 radical (unpaired) electrons. The molecule has 1 aliphatic carbocycles. The molecule has 1 amide bonds. The van der Waals surface area contributed by atoms with Crippen LogP contribution < -0.4 is 4.74 Å². The third-order valence-corrected chi connectivity index (χ3v) is 5.45. The van der Waals surface area contributed by atoms with Crippen LogP contribution in [0.5, 0.6) is 5.75 Å². The molecule has 2 aliphatic rings. The Kier molecular flexibility index (Phi) is 5.91. The lowest BCUT2D eigenvalue weighted by Crippen LogP contribution is -2.51. The van der Waals surface area contributed by atoms with Crippen LogP contribution in [-0.2, 0) is 18.0 Å². The Morgan fingerprint density at radius 3 is 2.44 bits per heavy atom. The van der Waals surface area contributed by atoms with Crippen LogP contribution in [-0.4, -0.2) is 40.2 Å². The van der Waals surface area contributed by atoms with Gasteiger partial charge in [-0.1, -0.05) is 12.8 Å². The second-order valence-electron chi connectivity index (χ2n) is 7.00. The van der Waals surface area contributed by atoms with E-state index in [1.807, 2.05) is 4.90 Å². The molecular formula is C19H26FNO4. The van der Waals surface area contributed by atoms with Crippen molar-refractivity contribution in [3.8, 4) is 5.75 Å². The summed E-state index contributed by atoms with van der Waals surface area (Å²) in [4.78, 5) is 14.6. The number of hydrogen-bond donors (Lipinski definition) is 2. The van der Waals surface area contributed by atoms with Crippen molar-refractivity contribution in [2.75, 3.05) is 13.2 Å². The van der Waals surface area contributed by atoms with Gasteiger partial charge in [-0.15, -0.1) is 0 Å². The lowest BCUT2D eigenvalue weighted by atomic mass is 9.78. The number of carbonyl (C=O) groups excluding carboxylic acids is 1. The maximum absolute atomic E-state index is 13.5. The van der Waals surface area contributed by atoms with Gasteiger partial charge in [-0.25, -0.2) is 4.39 Å². The number of aliphatic hydroxyl groups is 2. The monoisotopic (exact) mass is 351 g/mol. The van der Waals surface area contributed by atoms with Crippen LogP contribution >= 0.6 is 0 Å². The van der Waals surface area contributed by atoms with Crippen LogP contribution in [0.25, 0.3) is 0 Å². The van der Waals surface area contributed by atoms with Crippen LogP contribution in [0, 0.1) is 11.7 Å². The number of piperidine rings is 1. The van der Waals surface area contributed by atoms with Crippen molar-refractivity contribution in [2.24, 2.45) is 5.92 Å². The van der Waals surface area contributed by atoms with E-state index in [1.165, 1.54) is 19.3 Å². The molecule has 25 heavy (non-hydrogen) atoms. The van der Waals surface area contributed by atoms with Gasteiger partial charge in [-0.05, 0) is 43.7 Å². The van der Waals surface area contributed by atoms with Crippen LogP contribution in [0.4, 0.5) is 4.39 Å². The first-order valence-electron chi connectivity index (χ1n) is 9.09. The molecule has 1 aromatic carbocycles. The zero-order valence-corrected chi connectivity index (χ0v) is 14.4. The number of halogens is 1. The number of ether oxygens (including phenoxy) is 1. The van der Waals surface area contributed by atoms with Gasteiger partial charge in [0.25, 0.3) is 5.91 Å². The summed E-state index contributed by atoms with van der Waals surface area (Å²) in [7, 11) is 0. The van der Waals surface area contributed by atoms with Gasteiger partial charge in [0.15, 0.2) is 6.61 Å². The molecule has 1 aliphatic heterocycles. The number of fused-ring (bicyclic) bond motifs is 1. The SMILES string of the molecule is O=C(COc1c(CO)cc(F)cc1CO)N1CCCC2CCCCC21. The summed E-state index contributed by atoms with van der Waals surface area (Å²) >= 11 is 0. The molecule has 5 nitrogen and oxygen atoms in total. The van der Waals surface area contributed by atoms with Crippen LogP contribution in [0.2, 0.25) is 0 Å². The van der Waals surface area contributed by atoms with E-state index in [2.05, 4.69) is 0 Å². The lowest BCUT2D eigenvalue weighted by molar-refractivity contribution is -0.139. The highest BCUT2D eigenvalue weighted by molar-refractivity contribution is 5.78. The van der Waals surface area contributed by atoms with E-state index in [0.717, 1.165) is 37.9 Å². The quantitative estimate of drug-likeness (QED) is 0.854. The third kappa shape index (κ3) is 3.96. The molecule has 0 aromatic heterocycles. The summed E-state index contributed by atoms with van der Waals surface area (Å²) in [6.45, 7) is -0.229. The van der Waals surface area contributed by atoms with Gasteiger partial charge in [-0.2, -0.15) is 0 Å². The molecule has 2 fully saturated rings. The molecule has 0 spiro atoms. The van der Waals surface area contributed by atoms with E-state index in [-0.39, 0.29) is 29.4 Å². The highest BCUT2D eigenvalue weighted by Gasteiger charge is 2.35. The van der Waals surface area contributed by atoms with Gasteiger partial charge in [0, 0.05) is 23.7 Å². The smallest absolute Gasteiger partial charge is 0.260 e. The van der Waals surface area contributed by atoms with Crippen molar-refractivity contribution in [3.63, 3.8) is 0 Å². The number of likely N-dealkylation sites (tertiary alicyclic amines) is 1.